The predicted octanol–water partition coefficient (Wildman–Crippen LogP) is 2.20. The Morgan fingerprint density at radius 3 is 2.60 bits per heavy atom. The van der Waals surface area contributed by atoms with Gasteiger partial charge in [0, 0.05) is 5.39 Å². The van der Waals surface area contributed by atoms with E-state index in [1.807, 2.05) is 30.3 Å². The van der Waals surface area contributed by atoms with Gasteiger partial charge in [0.05, 0.1) is 56.8 Å². The maximum Gasteiger partial charge on any atom is 0.337 e. The van der Waals surface area contributed by atoms with Crippen molar-refractivity contribution in [2.45, 2.75) is 6.92 Å². The van der Waals surface area contributed by atoms with Crippen molar-refractivity contribution in [3.8, 4) is 0 Å². The molecule has 0 bridgehead atoms. The minimum atomic E-state index is -0.443. The van der Waals surface area contributed by atoms with E-state index >= 15 is 0 Å². The van der Waals surface area contributed by atoms with E-state index in [0.29, 0.717) is 16.8 Å². The van der Waals surface area contributed by atoms with E-state index in [1.54, 1.807) is 23.1 Å². The number of carbonyl (C=O) groups is 2. The van der Waals surface area contributed by atoms with Crippen molar-refractivity contribution >= 4 is 34.2 Å². The summed E-state index contributed by atoms with van der Waals surface area (Å²) in [4.78, 5) is 28.8. The number of carbonyl (C=O) groups excluding carboxylic acids is 2. The van der Waals surface area contributed by atoms with E-state index in [-0.39, 0.29) is 11.7 Å². The topological polar surface area (TPSA) is 76.2 Å². The molecule has 0 saturated carbocycles. The lowest BCUT2D eigenvalue weighted by atomic mass is 10.1. The summed E-state index contributed by atoms with van der Waals surface area (Å²) in [6.45, 7) is 7.13. The van der Waals surface area contributed by atoms with Gasteiger partial charge in [-0.25, -0.2) is 4.79 Å². The Morgan fingerprint density at radius 1 is 1.13 bits per heavy atom. The Labute approximate surface area is 175 Å². The summed E-state index contributed by atoms with van der Waals surface area (Å²) in [5.41, 5.74) is 2.51. The van der Waals surface area contributed by atoms with E-state index in [1.165, 1.54) is 7.11 Å². The summed E-state index contributed by atoms with van der Waals surface area (Å²) in [6.07, 6.45) is 0. The Balaban J connectivity index is 1.63. The van der Waals surface area contributed by atoms with Crippen molar-refractivity contribution in [2.75, 3.05) is 50.1 Å². The standard InChI is InChI=1S/C23H25N3O4/c1-3-25-10-12-26(13-11-25)19-9-8-17(23(28)29-2)14-18(19)24-22(27)21-15-16-6-4-5-7-20(16)30-21/h4-9,14-15H,3,10-13H2,1-2H3,(H,24,27)/p+1. The van der Waals surface area contributed by atoms with Gasteiger partial charge in [-0.1, -0.05) is 18.2 Å². The number of hydrogen-bond donors (Lipinski definition) is 2. The first-order chi connectivity index (χ1) is 14.6. The van der Waals surface area contributed by atoms with Crippen molar-refractivity contribution in [3.05, 3.63) is 59.9 Å². The number of fused-ring (bicyclic) bond motifs is 1. The molecule has 0 spiro atoms. The third kappa shape index (κ3) is 4.02. The van der Waals surface area contributed by atoms with Crippen LogP contribution in [0.2, 0.25) is 0 Å². The summed E-state index contributed by atoms with van der Waals surface area (Å²) in [5, 5.41) is 3.81. The third-order valence-electron chi connectivity index (χ3n) is 5.63. The minimum Gasteiger partial charge on any atom is -0.465 e. The lowest BCUT2D eigenvalue weighted by Crippen LogP contribution is -3.14. The van der Waals surface area contributed by atoms with Crippen molar-refractivity contribution < 1.29 is 23.6 Å². The normalized spacial score (nSPS) is 14.7. The molecule has 1 amide bonds. The average Bonchev–Trinajstić information content (AvgIpc) is 3.23. The lowest BCUT2D eigenvalue weighted by molar-refractivity contribution is -0.898. The second kappa shape index (κ2) is 8.59. The van der Waals surface area contributed by atoms with E-state index < -0.39 is 5.97 Å². The number of furan rings is 1. The predicted molar refractivity (Wildman–Crippen MR) is 115 cm³/mol. The van der Waals surface area contributed by atoms with Crippen LogP contribution in [-0.4, -0.2) is 51.7 Å². The quantitative estimate of drug-likeness (QED) is 0.633. The lowest BCUT2D eigenvalue weighted by Gasteiger charge is -2.34. The molecule has 30 heavy (non-hydrogen) atoms. The molecular weight excluding hydrogens is 382 g/mol. The first kappa shape index (κ1) is 20.0. The SMILES string of the molecule is CC[NH+]1CCN(c2ccc(C(=O)OC)cc2NC(=O)c2cc3ccccc3o2)CC1. The van der Waals surface area contributed by atoms with Crippen LogP contribution in [0, 0.1) is 0 Å². The molecule has 0 radical (unpaired) electrons. The number of ether oxygens (including phenoxy) is 1. The Hall–Kier alpha value is -3.32. The zero-order valence-electron chi connectivity index (χ0n) is 17.2. The van der Waals surface area contributed by atoms with Crippen LogP contribution in [0.5, 0.6) is 0 Å². The summed E-state index contributed by atoms with van der Waals surface area (Å²) in [5.74, 6) is -0.570. The van der Waals surface area contributed by atoms with Gasteiger partial charge in [0.15, 0.2) is 5.76 Å². The van der Waals surface area contributed by atoms with Gasteiger partial charge in [0.2, 0.25) is 0 Å². The van der Waals surface area contributed by atoms with Gasteiger partial charge < -0.3 is 24.3 Å². The Morgan fingerprint density at radius 2 is 1.90 bits per heavy atom. The molecule has 7 heteroatoms. The van der Waals surface area contributed by atoms with E-state index in [2.05, 4.69) is 17.1 Å². The maximum absolute atomic E-state index is 12.9. The molecule has 1 aliphatic heterocycles. The van der Waals surface area contributed by atoms with Crippen LogP contribution >= 0.6 is 0 Å². The molecule has 1 fully saturated rings. The number of hydrogen-bond acceptors (Lipinski definition) is 5. The molecule has 7 nitrogen and oxygen atoms in total. The highest BCUT2D eigenvalue weighted by Gasteiger charge is 2.23. The first-order valence-electron chi connectivity index (χ1n) is 10.2. The smallest absolute Gasteiger partial charge is 0.337 e. The molecule has 1 aliphatic rings. The minimum absolute atomic E-state index is 0.228. The van der Waals surface area contributed by atoms with E-state index in [4.69, 9.17) is 9.15 Å². The number of quaternary nitrogens is 1. The van der Waals surface area contributed by atoms with Crippen molar-refractivity contribution in [1.29, 1.82) is 0 Å². The highest BCUT2D eigenvalue weighted by molar-refractivity contribution is 6.07. The van der Waals surface area contributed by atoms with Crippen LogP contribution in [0.3, 0.4) is 0 Å². The number of rotatable bonds is 5. The largest absolute Gasteiger partial charge is 0.465 e. The zero-order chi connectivity index (χ0) is 21.1. The number of amides is 1. The summed E-state index contributed by atoms with van der Waals surface area (Å²) < 4.78 is 10.5. The van der Waals surface area contributed by atoms with Gasteiger partial charge in [-0.3, -0.25) is 4.79 Å². The molecule has 0 unspecified atom stereocenters. The highest BCUT2D eigenvalue weighted by Crippen LogP contribution is 2.29. The van der Waals surface area contributed by atoms with Gasteiger partial charge >= 0.3 is 5.97 Å². The second-order valence-corrected chi connectivity index (χ2v) is 7.42. The maximum atomic E-state index is 12.9. The van der Waals surface area contributed by atoms with Gasteiger partial charge in [-0.2, -0.15) is 0 Å². The number of piperazine rings is 1. The molecule has 3 aromatic rings. The number of likely N-dealkylation sites (N-methyl/N-ethyl adjacent to an activating group) is 1. The molecule has 1 aromatic heterocycles. The van der Waals surface area contributed by atoms with E-state index in [9.17, 15) is 9.59 Å². The average molecular weight is 408 g/mol. The van der Waals surface area contributed by atoms with Crippen LogP contribution in [0.15, 0.2) is 52.9 Å². The molecule has 0 aliphatic carbocycles. The molecule has 4 rings (SSSR count). The van der Waals surface area contributed by atoms with Gasteiger partial charge in [0.1, 0.15) is 5.58 Å². The molecule has 2 N–H and O–H groups in total. The molecule has 2 heterocycles. The molecule has 1 saturated heterocycles. The molecule has 0 atom stereocenters. The number of anilines is 2. The van der Waals surface area contributed by atoms with Crippen molar-refractivity contribution in [3.63, 3.8) is 0 Å². The fourth-order valence-electron chi connectivity index (χ4n) is 3.85. The first-order valence-corrected chi connectivity index (χ1v) is 10.2. The van der Waals surface area contributed by atoms with Crippen LogP contribution in [-0.2, 0) is 4.74 Å². The number of methoxy groups -OCH3 is 1. The molecular formula is C23H26N3O4+. The second-order valence-electron chi connectivity index (χ2n) is 7.42. The number of benzene rings is 2. The summed E-state index contributed by atoms with van der Waals surface area (Å²) in [7, 11) is 1.34. The van der Waals surface area contributed by atoms with Crippen LogP contribution in [0.4, 0.5) is 11.4 Å². The Kier molecular flexibility index (Phi) is 5.72. The van der Waals surface area contributed by atoms with Gasteiger partial charge in [-0.15, -0.1) is 0 Å². The number of para-hydroxylation sites is 1. The Bertz CT molecular complexity index is 1030. The molecule has 156 valence electrons. The van der Waals surface area contributed by atoms with E-state index in [0.717, 1.165) is 43.8 Å². The van der Waals surface area contributed by atoms with Crippen LogP contribution in [0.25, 0.3) is 11.0 Å². The number of nitrogens with zero attached hydrogens (tertiary/aromatic N) is 1. The van der Waals surface area contributed by atoms with Gasteiger partial charge in [-0.05, 0) is 37.3 Å². The summed E-state index contributed by atoms with van der Waals surface area (Å²) in [6, 6.07) is 14.5. The van der Waals surface area contributed by atoms with Gasteiger partial charge in [0.25, 0.3) is 5.91 Å². The van der Waals surface area contributed by atoms with Crippen molar-refractivity contribution in [2.24, 2.45) is 0 Å². The number of nitrogens with one attached hydrogen (secondary N) is 2. The number of esters is 1. The molecule has 2 aromatic carbocycles. The highest BCUT2D eigenvalue weighted by atomic mass is 16.5. The fraction of sp³-hybridized carbons (Fsp3) is 0.304. The zero-order valence-corrected chi connectivity index (χ0v) is 17.2. The van der Waals surface area contributed by atoms with Crippen molar-refractivity contribution in [1.82, 2.24) is 0 Å². The van der Waals surface area contributed by atoms with Crippen LogP contribution < -0.4 is 15.1 Å². The monoisotopic (exact) mass is 408 g/mol. The van der Waals surface area contributed by atoms with Crippen LogP contribution in [0.1, 0.15) is 27.8 Å². The fourth-order valence-corrected chi connectivity index (χ4v) is 3.85. The third-order valence-corrected chi connectivity index (χ3v) is 5.63. The summed E-state index contributed by atoms with van der Waals surface area (Å²) >= 11 is 0.